The van der Waals surface area contributed by atoms with Crippen molar-refractivity contribution >= 4 is 0 Å². The lowest BCUT2D eigenvalue weighted by atomic mass is 9.92. The summed E-state index contributed by atoms with van der Waals surface area (Å²) in [5, 5.41) is 0. The number of likely N-dealkylation sites (N-methyl/N-ethyl adjacent to an activating group) is 1. The molecule has 0 aliphatic carbocycles. The average Bonchev–Trinajstić information content (AvgIpc) is 2.62. The summed E-state index contributed by atoms with van der Waals surface area (Å²) in [5.74, 6) is 0. The highest BCUT2D eigenvalue weighted by Gasteiger charge is 2.39. The smallest absolute Gasteiger partial charge is 0.0755 e. The lowest BCUT2D eigenvalue weighted by Gasteiger charge is -2.34. The molecule has 2 heterocycles. The van der Waals surface area contributed by atoms with Crippen LogP contribution in [0.1, 0.15) is 18.5 Å². The summed E-state index contributed by atoms with van der Waals surface area (Å²) >= 11 is 0. The second kappa shape index (κ2) is 3.67. The first-order chi connectivity index (χ1) is 6.79. The molecule has 2 rings (SSSR count). The Morgan fingerprint density at radius 2 is 2.43 bits per heavy atom. The first kappa shape index (κ1) is 9.62. The van der Waals surface area contributed by atoms with Gasteiger partial charge in [0.15, 0.2) is 0 Å². The van der Waals surface area contributed by atoms with Crippen LogP contribution in [0.5, 0.6) is 0 Å². The number of nitrogens with two attached hydrogens (primary N) is 1. The molecular formula is C11H17N3. The van der Waals surface area contributed by atoms with Crippen molar-refractivity contribution in [3.05, 3.63) is 30.1 Å². The molecule has 76 valence electrons. The average molecular weight is 191 g/mol. The van der Waals surface area contributed by atoms with E-state index in [-0.39, 0.29) is 5.54 Å². The number of rotatable bonds is 2. The van der Waals surface area contributed by atoms with Gasteiger partial charge in [-0.2, -0.15) is 0 Å². The van der Waals surface area contributed by atoms with E-state index in [4.69, 9.17) is 5.73 Å². The maximum Gasteiger partial charge on any atom is 0.0755 e. The predicted octanol–water partition coefficient (Wildman–Crippen LogP) is 0.961. The minimum Gasteiger partial charge on any atom is -0.328 e. The van der Waals surface area contributed by atoms with E-state index >= 15 is 0 Å². The molecule has 3 heteroatoms. The molecule has 1 atom stereocenters. The van der Waals surface area contributed by atoms with E-state index in [0.717, 1.165) is 18.7 Å². The summed E-state index contributed by atoms with van der Waals surface area (Å²) < 4.78 is 0. The van der Waals surface area contributed by atoms with Crippen LogP contribution >= 0.6 is 0 Å². The molecule has 1 aliphatic heterocycles. The van der Waals surface area contributed by atoms with Crippen molar-refractivity contribution in [3.63, 3.8) is 0 Å². The van der Waals surface area contributed by atoms with Crippen LogP contribution in [0.25, 0.3) is 0 Å². The minimum atomic E-state index is -0.0126. The van der Waals surface area contributed by atoms with Crippen molar-refractivity contribution in [3.8, 4) is 0 Å². The van der Waals surface area contributed by atoms with Crippen molar-refractivity contribution < 1.29 is 0 Å². The van der Waals surface area contributed by atoms with Gasteiger partial charge in [0.25, 0.3) is 0 Å². The predicted molar refractivity (Wildman–Crippen MR) is 56.8 cm³/mol. The highest BCUT2D eigenvalue weighted by molar-refractivity contribution is 5.18. The Balaban J connectivity index is 2.38. The van der Waals surface area contributed by atoms with Crippen LogP contribution in [0.15, 0.2) is 24.4 Å². The SMILES string of the molecule is CN1CCCC1(CN)c1ccccn1. The van der Waals surface area contributed by atoms with Crippen LogP contribution in [0.4, 0.5) is 0 Å². The van der Waals surface area contributed by atoms with E-state index in [1.165, 1.54) is 6.42 Å². The van der Waals surface area contributed by atoms with Gasteiger partial charge in [0.2, 0.25) is 0 Å². The molecule has 3 nitrogen and oxygen atoms in total. The van der Waals surface area contributed by atoms with Crippen LogP contribution in [0.3, 0.4) is 0 Å². The molecule has 2 N–H and O–H groups in total. The molecule has 0 radical (unpaired) electrons. The Kier molecular flexibility index (Phi) is 2.52. The van der Waals surface area contributed by atoms with E-state index in [0.29, 0.717) is 6.54 Å². The molecular weight excluding hydrogens is 174 g/mol. The summed E-state index contributed by atoms with van der Waals surface area (Å²) in [4.78, 5) is 6.76. The number of hydrogen-bond acceptors (Lipinski definition) is 3. The van der Waals surface area contributed by atoms with E-state index in [1.54, 1.807) is 0 Å². The first-order valence-electron chi connectivity index (χ1n) is 5.12. The molecule has 1 aromatic rings. The molecule has 1 aliphatic rings. The number of aromatic nitrogens is 1. The van der Waals surface area contributed by atoms with Crippen LogP contribution in [0, 0.1) is 0 Å². The van der Waals surface area contributed by atoms with E-state index in [1.807, 2.05) is 18.3 Å². The van der Waals surface area contributed by atoms with Crippen molar-refractivity contribution in [2.24, 2.45) is 5.73 Å². The molecule has 1 unspecified atom stereocenters. The van der Waals surface area contributed by atoms with Crippen LogP contribution in [-0.4, -0.2) is 30.0 Å². The van der Waals surface area contributed by atoms with Gasteiger partial charge in [0.1, 0.15) is 0 Å². The lowest BCUT2D eigenvalue weighted by Crippen LogP contribution is -2.45. The first-order valence-corrected chi connectivity index (χ1v) is 5.12. The molecule has 0 spiro atoms. The van der Waals surface area contributed by atoms with Crippen molar-refractivity contribution in [2.45, 2.75) is 18.4 Å². The summed E-state index contributed by atoms with van der Waals surface area (Å²) in [6, 6.07) is 6.06. The van der Waals surface area contributed by atoms with E-state index < -0.39 is 0 Å². The molecule has 0 aromatic carbocycles. The van der Waals surface area contributed by atoms with E-state index in [9.17, 15) is 0 Å². The fraction of sp³-hybridized carbons (Fsp3) is 0.545. The standard InChI is InChI=1S/C11H17N3/c1-14-8-4-6-11(14,9-12)10-5-2-3-7-13-10/h2-3,5,7H,4,6,8-9,12H2,1H3. The zero-order chi connectivity index (χ0) is 10.0. The topological polar surface area (TPSA) is 42.1 Å². The van der Waals surface area contributed by atoms with Crippen molar-refractivity contribution in [1.82, 2.24) is 9.88 Å². The fourth-order valence-electron chi connectivity index (χ4n) is 2.34. The molecule has 1 aromatic heterocycles. The Hall–Kier alpha value is -0.930. The van der Waals surface area contributed by atoms with Gasteiger partial charge in [-0.15, -0.1) is 0 Å². The second-order valence-electron chi connectivity index (χ2n) is 3.98. The highest BCUT2D eigenvalue weighted by Crippen LogP contribution is 2.35. The zero-order valence-corrected chi connectivity index (χ0v) is 8.61. The number of nitrogens with zero attached hydrogens (tertiary/aromatic N) is 2. The Bertz CT molecular complexity index is 299. The molecule has 14 heavy (non-hydrogen) atoms. The molecule has 1 saturated heterocycles. The Morgan fingerprint density at radius 1 is 1.57 bits per heavy atom. The van der Waals surface area contributed by atoms with Gasteiger partial charge in [-0.3, -0.25) is 9.88 Å². The van der Waals surface area contributed by atoms with Crippen molar-refractivity contribution in [2.75, 3.05) is 20.1 Å². The highest BCUT2D eigenvalue weighted by atomic mass is 15.2. The summed E-state index contributed by atoms with van der Waals surface area (Å²) in [7, 11) is 2.13. The largest absolute Gasteiger partial charge is 0.328 e. The number of likely N-dealkylation sites (tertiary alicyclic amines) is 1. The quantitative estimate of drug-likeness (QED) is 0.757. The second-order valence-corrected chi connectivity index (χ2v) is 3.98. The van der Waals surface area contributed by atoms with Gasteiger partial charge in [0.05, 0.1) is 11.2 Å². The van der Waals surface area contributed by atoms with Gasteiger partial charge in [-0.25, -0.2) is 0 Å². The summed E-state index contributed by atoms with van der Waals surface area (Å²) in [6.45, 7) is 1.77. The summed E-state index contributed by atoms with van der Waals surface area (Å²) in [5.41, 5.74) is 7.01. The van der Waals surface area contributed by atoms with E-state index in [2.05, 4.69) is 23.0 Å². The number of hydrogen-bond donors (Lipinski definition) is 1. The third-order valence-corrected chi connectivity index (χ3v) is 3.29. The molecule has 0 saturated carbocycles. The fourth-order valence-corrected chi connectivity index (χ4v) is 2.34. The normalized spacial score (nSPS) is 28.1. The third kappa shape index (κ3) is 1.33. The maximum atomic E-state index is 5.91. The van der Waals surface area contributed by atoms with Crippen molar-refractivity contribution in [1.29, 1.82) is 0 Å². The molecule has 1 fully saturated rings. The zero-order valence-electron chi connectivity index (χ0n) is 8.61. The van der Waals surface area contributed by atoms with Gasteiger partial charge >= 0.3 is 0 Å². The Labute approximate surface area is 84.9 Å². The molecule has 0 bridgehead atoms. The Morgan fingerprint density at radius 3 is 2.93 bits per heavy atom. The lowest BCUT2D eigenvalue weighted by molar-refractivity contribution is 0.177. The van der Waals surface area contributed by atoms with Gasteiger partial charge in [-0.1, -0.05) is 6.07 Å². The van der Waals surface area contributed by atoms with Gasteiger partial charge in [0, 0.05) is 12.7 Å². The minimum absolute atomic E-state index is 0.0126. The molecule has 0 amide bonds. The maximum absolute atomic E-state index is 5.91. The van der Waals surface area contributed by atoms with Crippen LogP contribution in [-0.2, 0) is 5.54 Å². The third-order valence-electron chi connectivity index (χ3n) is 3.29. The van der Waals surface area contributed by atoms with Gasteiger partial charge in [-0.05, 0) is 38.6 Å². The van der Waals surface area contributed by atoms with Gasteiger partial charge < -0.3 is 5.73 Å². The monoisotopic (exact) mass is 191 g/mol. The number of pyridine rings is 1. The van der Waals surface area contributed by atoms with Crippen LogP contribution in [0.2, 0.25) is 0 Å². The van der Waals surface area contributed by atoms with Crippen LogP contribution < -0.4 is 5.73 Å². The summed E-state index contributed by atoms with van der Waals surface area (Å²) in [6.07, 6.45) is 4.18.